The predicted octanol–water partition coefficient (Wildman–Crippen LogP) is 1.30. The van der Waals surface area contributed by atoms with Crippen molar-refractivity contribution in [2.45, 2.75) is 50.7 Å². The Labute approximate surface area is 193 Å². The molecule has 1 amide bonds. The molecule has 2 rings (SSSR count). The molecule has 2 unspecified atom stereocenters. The van der Waals surface area contributed by atoms with Crippen LogP contribution in [0.15, 0.2) is 4.99 Å². The molecule has 0 saturated carbocycles. The topological polar surface area (TPSA) is 78.4 Å². The highest BCUT2D eigenvalue weighted by Crippen LogP contribution is 2.18. The van der Waals surface area contributed by atoms with Crippen LogP contribution in [-0.2, 0) is 14.3 Å². The molecule has 29 heavy (non-hydrogen) atoms. The van der Waals surface area contributed by atoms with Gasteiger partial charge in [-0.15, -0.1) is 24.0 Å². The molecule has 2 aliphatic heterocycles. The van der Waals surface area contributed by atoms with Gasteiger partial charge in [0.05, 0.1) is 18.8 Å². The molecule has 8 nitrogen and oxygen atoms in total. The average Bonchev–Trinajstić information content (AvgIpc) is 3.37. The van der Waals surface area contributed by atoms with E-state index < -0.39 is 0 Å². The van der Waals surface area contributed by atoms with E-state index in [0.29, 0.717) is 12.7 Å². The SMILES string of the molecule is CN=C(NCCCOCC1CCCO1)NCCCN1CCCC1C(=O)N(C)C.I. The molecule has 2 fully saturated rings. The number of likely N-dealkylation sites (tertiary alicyclic amines) is 1. The van der Waals surface area contributed by atoms with Crippen LogP contribution in [0.5, 0.6) is 0 Å². The molecule has 9 heteroatoms. The molecule has 2 aliphatic rings. The second-order valence-electron chi connectivity index (χ2n) is 7.77. The summed E-state index contributed by atoms with van der Waals surface area (Å²) in [6.07, 6.45) is 6.58. The van der Waals surface area contributed by atoms with Crippen molar-refractivity contribution in [3.05, 3.63) is 0 Å². The highest BCUT2D eigenvalue weighted by atomic mass is 127. The van der Waals surface area contributed by atoms with Crippen molar-refractivity contribution in [1.82, 2.24) is 20.4 Å². The number of aliphatic imine (C=N–C) groups is 1. The van der Waals surface area contributed by atoms with Crippen LogP contribution < -0.4 is 10.6 Å². The Morgan fingerprint density at radius 3 is 2.62 bits per heavy atom. The molecule has 2 heterocycles. The second kappa shape index (κ2) is 15.2. The molecule has 2 saturated heterocycles. The maximum atomic E-state index is 12.2. The van der Waals surface area contributed by atoms with Gasteiger partial charge in [0.15, 0.2) is 5.96 Å². The number of guanidine groups is 1. The fourth-order valence-electron chi connectivity index (χ4n) is 3.75. The molecule has 0 aromatic rings. The van der Waals surface area contributed by atoms with E-state index in [9.17, 15) is 4.79 Å². The van der Waals surface area contributed by atoms with Gasteiger partial charge in [-0.3, -0.25) is 14.7 Å². The summed E-state index contributed by atoms with van der Waals surface area (Å²) in [6, 6.07) is 0.0575. The summed E-state index contributed by atoms with van der Waals surface area (Å²) < 4.78 is 11.2. The van der Waals surface area contributed by atoms with E-state index in [1.165, 1.54) is 0 Å². The number of carbonyl (C=O) groups excluding carboxylic acids is 1. The standard InChI is InChI=1S/C20H39N5O3.HI/c1-21-20(23-11-7-14-27-16-17-8-5-15-28-17)22-10-6-13-25-12-4-9-18(25)19(26)24(2)3;/h17-18H,4-16H2,1-3H3,(H2,21,22,23);1H. The first-order valence-corrected chi connectivity index (χ1v) is 10.7. The first-order valence-electron chi connectivity index (χ1n) is 10.7. The van der Waals surface area contributed by atoms with Crippen molar-refractivity contribution in [3.8, 4) is 0 Å². The summed E-state index contributed by atoms with van der Waals surface area (Å²) in [5.41, 5.74) is 0. The van der Waals surface area contributed by atoms with Gasteiger partial charge in [-0.25, -0.2) is 0 Å². The molecule has 0 aromatic heterocycles. The minimum atomic E-state index is 0. The molecular formula is C20H40IN5O3. The van der Waals surface area contributed by atoms with E-state index in [1.807, 2.05) is 14.1 Å². The van der Waals surface area contributed by atoms with Crippen molar-refractivity contribution in [2.75, 3.05) is 67.1 Å². The number of halogens is 1. The van der Waals surface area contributed by atoms with Crippen molar-refractivity contribution >= 4 is 35.8 Å². The largest absolute Gasteiger partial charge is 0.379 e. The van der Waals surface area contributed by atoms with Gasteiger partial charge in [-0.2, -0.15) is 0 Å². The fraction of sp³-hybridized carbons (Fsp3) is 0.900. The van der Waals surface area contributed by atoms with Crippen molar-refractivity contribution in [2.24, 2.45) is 4.99 Å². The van der Waals surface area contributed by atoms with Crippen molar-refractivity contribution in [3.63, 3.8) is 0 Å². The number of nitrogens with zero attached hydrogens (tertiary/aromatic N) is 3. The number of hydrogen-bond donors (Lipinski definition) is 2. The van der Waals surface area contributed by atoms with E-state index in [-0.39, 0.29) is 35.9 Å². The van der Waals surface area contributed by atoms with Gasteiger partial charge in [0.1, 0.15) is 0 Å². The van der Waals surface area contributed by atoms with Gasteiger partial charge in [-0.1, -0.05) is 0 Å². The third kappa shape index (κ3) is 9.80. The van der Waals surface area contributed by atoms with Gasteiger partial charge in [-0.05, 0) is 45.1 Å². The van der Waals surface area contributed by atoms with E-state index in [1.54, 1.807) is 11.9 Å². The fourth-order valence-corrected chi connectivity index (χ4v) is 3.75. The van der Waals surface area contributed by atoms with Crippen LogP contribution in [0.2, 0.25) is 0 Å². The van der Waals surface area contributed by atoms with Crippen LogP contribution in [0.25, 0.3) is 0 Å². The Kier molecular flexibility index (Phi) is 13.8. The maximum absolute atomic E-state index is 12.2. The number of carbonyl (C=O) groups is 1. The van der Waals surface area contributed by atoms with Gasteiger partial charge in [0, 0.05) is 54.0 Å². The lowest BCUT2D eigenvalue weighted by Gasteiger charge is -2.26. The Morgan fingerprint density at radius 1 is 1.21 bits per heavy atom. The Bertz CT molecular complexity index is 487. The number of hydrogen-bond acceptors (Lipinski definition) is 5. The lowest BCUT2D eigenvalue weighted by Crippen LogP contribution is -2.44. The van der Waals surface area contributed by atoms with E-state index in [2.05, 4.69) is 20.5 Å². The first kappa shape index (κ1) is 26.4. The minimum Gasteiger partial charge on any atom is -0.379 e. The Hall–Kier alpha value is -0.650. The molecule has 0 radical (unpaired) electrons. The van der Waals surface area contributed by atoms with Gasteiger partial charge < -0.3 is 25.0 Å². The smallest absolute Gasteiger partial charge is 0.239 e. The Balaban J connectivity index is 0.00000420. The van der Waals surface area contributed by atoms with Crippen LogP contribution in [0.4, 0.5) is 0 Å². The zero-order valence-corrected chi connectivity index (χ0v) is 20.7. The van der Waals surface area contributed by atoms with Crippen LogP contribution in [0, 0.1) is 0 Å². The van der Waals surface area contributed by atoms with E-state index in [0.717, 1.165) is 83.9 Å². The highest BCUT2D eigenvalue weighted by molar-refractivity contribution is 14.0. The summed E-state index contributed by atoms with van der Waals surface area (Å²) in [7, 11) is 5.46. The second-order valence-corrected chi connectivity index (χ2v) is 7.77. The van der Waals surface area contributed by atoms with Crippen LogP contribution in [0.1, 0.15) is 38.5 Å². The Morgan fingerprint density at radius 2 is 1.97 bits per heavy atom. The molecular weight excluding hydrogens is 485 g/mol. The normalized spacial score (nSPS) is 22.4. The molecule has 0 aliphatic carbocycles. The van der Waals surface area contributed by atoms with Crippen molar-refractivity contribution in [1.29, 1.82) is 0 Å². The van der Waals surface area contributed by atoms with Crippen LogP contribution in [0.3, 0.4) is 0 Å². The zero-order valence-electron chi connectivity index (χ0n) is 18.3. The summed E-state index contributed by atoms with van der Waals surface area (Å²) >= 11 is 0. The van der Waals surface area contributed by atoms with Crippen LogP contribution >= 0.6 is 24.0 Å². The number of nitrogens with one attached hydrogen (secondary N) is 2. The average molecular weight is 525 g/mol. The van der Waals surface area contributed by atoms with E-state index >= 15 is 0 Å². The molecule has 0 spiro atoms. The lowest BCUT2D eigenvalue weighted by atomic mass is 10.2. The molecule has 2 atom stereocenters. The minimum absolute atomic E-state index is 0. The quantitative estimate of drug-likeness (QED) is 0.183. The predicted molar refractivity (Wildman–Crippen MR) is 127 cm³/mol. The number of likely N-dealkylation sites (N-methyl/N-ethyl adjacent to an activating group) is 1. The summed E-state index contributed by atoms with van der Waals surface area (Å²) in [5, 5.41) is 6.67. The number of amides is 1. The van der Waals surface area contributed by atoms with Gasteiger partial charge in [0.2, 0.25) is 5.91 Å². The van der Waals surface area contributed by atoms with Crippen molar-refractivity contribution < 1.29 is 14.3 Å². The van der Waals surface area contributed by atoms with Crippen LogP contribution in [-0.4, -0.2) is 101 Å². The zero-order chi connectivity index (χ0) is 20.2. The van der Waals surface area contributed by atoms with Gasteiger partial charge >= 0.3 is 0 Å². The molecule has 2 N–H and O–H groups in total. The number of ether oxygens (including phenoxy) is 2. The summed E-state index contributed by atoms with van der Waals surface area (Å²) in [5.74, 6) is 1.05. The van der Waals surface area contributed by atoms with Gasteiger partial charge in [0.25, 0.3) is 0 Å². The molecule has 0 bridgehead atoms. The molecule has 170 valence electrons. The first-order chi connectivity index (χ1) is 13.6. The summed E-state index contributed by atoms with van der Waals surface area (Å²) in [6.45, 7) is 5.95. The third-order valence-electron chi connectivity index (χ3n) is 5.31. The number of rotatable bonds is 11. The maximum Gasteiger partial charge on any atom is 0.239 e. The summed E-state index contributed by atoms with van der Waals surface area (Å²) in [4.78, 5) is 20.5. The molecule has 0 aromatic carbocycles. The highest BCUT2D eigenvalue weighted by Gasteiger charge is 2.30. The third-order valence-corrected chi connectivity index (χ3v) is 5.31. The lowest BCUT2D eigenvalue weighted by molar-refractivity contribution is -0.133. The monoisotopic (exact) mass is 525 g/mol. The van der Waals surface area contributed by atoms with E-state index in [4.69, 9.17) is 9.47 Å².